The minimum absolute atomic E-state index is 0. The van der Waals surface area contributed by atoms with Crippen LogP contribution in [-0.4, -0.2) is 31.8 Å². The number of fused-ring (bicyclic) bond motifs is 1. The Bertz CT molecular complexity index is 556. The SMILES string of the molecule is Cl.Nc1nc2ncc(NCO)nc2c(=O)[nH]1. The second-order valence-electron chi connectivity index (χ2n) is 2.71. The molecule has 0 saturated heterocycles. The largest absolute Gasteiger partial charge is 0.377 e. The first-order valence-corrected chi connectivity index (χ1v) is 4.08. The van der Waals surface area contributed by atoms with Gasteiger partial charge in [-0.05, 0) is 0 Å². The van der Waals surface area contributed by atoms with Gasteiger partial charge in [0, 0.05) is 0 Å². The summed E-state index contributed by atoms with van der Waals surface area (Å²) in [4.78, 5) is 25.3. The quantitative estimate of drug-likeness (QED) is 0.503. The molecular weight excluding hydrogens is 236 g/mol. The van der Waals surface area contributed by atoms with Gasteiger partial charge >= 0.3 is 0 Å². The number of aliphatic hydroxyl groups is 1. The lowest BCUT2D eigenvalue weighted by atomic mass is 10.5. The number of aromatic amines is 1. The molecule has 16 heavy (non-hydrogen) atoms. The lowest BCUT2D eigenvalue weighted by molar-refractivity contribution is 0.325. The van der Waals surface area contributed by atoms with E-state index in [2.05, 4.69) is 25.3 Å². The van der Waals surface area contributed by atoms with E-state index in [0.29, 0.717) is 5.82 Å². The smallest absolute Gasteiger partial charge is 0.280 e. The lowest BCUT2D eigenvalue weighted by Gasteiger charge is -2.01. The molecule has 2 aromatic heterocycles. The van der Waals surface area contributed by atoms with Crippen molar-refractivity contribution in [3.8, 4) is 0 Å². The van der Waals surface area contributed by atoms with E-state index >= 15 is 0 Å². The van der Waals surface area contributed by atoms with E-state index in [9.17, 15) is 4.79 Å². The molecule has 2 aromatic rings. The maximum absolute atomic E-state index is 11.4. The number of aliphatic hydroxyl groups excluding tert-OH is 1. The summed E-state index contributed by atoms with van der Waals surface area (Å²) in [6.45, 7) is -0.291. The Kier molecular flexibility index (Phi) is 3.59. The molecule has 8 nitrogen and oxygen atoms in total. The summed E-state index contributed by atoms with van der Waals surface area (Å²) in [6.07, 6.45) is 1.35. The Morgan fingerprint density at radius 2 is 2.25 bits per heavy atom. The molecule has 2 heterocycles. The highest BCUT2D eigenvalue weighted by atomic mass is 35.5. The second-order valence-corrected chi connectivity index (χ2v) is 2.71. The summed E-state index contributed by atoms with van der Waals surface area (Å²) < 4.78 is 0. The lowest BCUT2D eigenvalue weighted by Crippen LogP contribution is -2.14. The average molecular weight is 245 g/mol. The third-order valence-corrected chi connectivity index (χ3v) is 1.70. The summed E-state index contributed by atoms with van der Waals surface area (Å²) in [5.41, 5.74) is 5.10. The first-order chi connectivity index (χ1) is 7.20. The highest BCUT2D eigenvalue weighted by Crippen LogP contribution is 2.05. The van der Waals surface area contributed by atoms with Gasteiger partial charge in [-0.15, -0.1) is 12.4 Å². The van der Waals surface area contributed by atoms with Crippen LogP contribution in [0.5, 0.6) is 0 Å². The van der Waals surface area contributed by atoms with Crippen LogP contribution in [-0.2, 0) is 0 Å². The molecule has 0 spiro atoms. The van der Waals surface area contributed by atoms with Crippen molar-refractivity contribution in [3.05, 3.63) is 16.6 Å². The van der Waals surface area contributed by atoms with E-state index in [1.165, 1.54) is 6.20 Å². The fraction of sp³-hybridized carbons (Fsp3) is 0.143. The Morgan fingerprint density at radius 3 is 2.94 bits per heavy atom. The van der Waals surface area contributed by atoms with Gasteiger partial charge in [-0.3, -0.25) is 9.78 Å². The van der Waals surface area contributed by atoms with Crippen LogP contribution in [0.25, 0.3) is 11.2 Å². The number of H-pyrrole nitrogens is 1. The van der Waals surface area contributed by atoms with Crippen LogP contribution in [0, 0.1) is 0 Å². The van der Waals surface area contributed by atoms with Crippen LogP contribution in [0.4, 0.5) is 11.8 Å². The number of anilines is 2. The minimum atomic E-state index is -0.466. The molecule has 0 fully saturated rings. The van der Waals surface area contributed by atoms with Gasteiger partial charge in [-0.1, -0.05) is 0 Å². The molecule has 0 radical (unpaired) electrons. The minimum Gasteiger partial charge on any atom is -0.377 e. The van der Waals surface area contributed by atoms with E-state index in [-0.39, 0.29) is 36.3 Å². The van der Waals surface area contributed by atoms with E-state index in [0.717, 1.165) is 0 Å². The first-order valence-electron chi connectivity index (χ1n) is 4.08. The van der Waals surface area contributed by atoms with Crippen LogP contribution >= 0.6 is 12.4 Å². The molecule has 0 bridgehead atoms. The van der Waals surface area contributed by atoms with Gasteiger partial charge < -0.3 is 16.2 Å². The number of aromatic nitrogens is 4. The highest BCUT2D eigenvalue weighted by Gasteiger charge is 2.05. The molecule has 2 rings (SSSR count). The van der Waals surface area contributed by atoms with E-state index in [1.807, 2.05) is 0 Å². The molecule has 0 amide bonds. The van der Waals surface area contributed by atoms with Crippen molar-refractivity contribution in [2.24, 2.45) is 0 Å². The summed E-state index contributed by atoms with van der Waals surface area (Å²) >= 11 is 0. The topological polar surface area (TPSA) is 130 Å². The van der Waals surface area contributed by atoms with Crippen molar-refractivity contribution in [3.63, 3.8) is 0 Å². The van der Waals surface area contributed by atoms with Gasteiger partial charge in [-0.25, -0.2) is 9.97 Å². The third-order valence-electron chi connectivity index (χ3n) is 1.70. The molecule has 0 saturated carbocycles. The summed E-state index contributed by atoms with van der Waals surface area (Å²) in [6, 6.07) is 0. The van der Waals surface area contributed by atoms with Crippen molar-refractivity contribution < 1.29 is 5.11 Å². The van der Waals surface area contributed by atoms with Crippen molar-refractivity contribution in [2.75, 3.05) is 17.8 Å². The fourth-order valence-corrected chi connectivity index (χ4v) is 1.10. The maximum Gasteiger partial charge on any atom is 0.280 e. The van der Waals surface area contributed by atoms with Crippen LogP contribution in [0.2, 0.25) is 0 Å². The van der Waals surface area contributed by atoms with Crippen LogP contribution in [0.3, 0.4) is 0 Å². The number of nitrogen functional groups attached to an aromatic ring is 1. The Morgan fingerprint density at radius 1 is 1.50 bits per heavy atom. The zero-order valence-corrected chi connectivity index (χ0v) is 8.78. The van der Waals surface area contributed by atoms with Crippen molar-refractivity contribution in [1.29, 1.82) is 0 Å². The molecular formula is C7H9ClN6O2. The monoisotopic (exact) mass is 244 g/mol. The Hall–Kier alpha value is -1.93. The van der Waals surface area contributed by atoms with Gasteiger partial charge in [0.2, 0.25) is 5.95 Å². The number of hydrogen-bond donors (Lipinski definition) is 4. The Labute approximate surface area is 95.4 Å². The van der Waals surface area contributed by atoms with Gasteiger partial charge in [-0.2, -0.15) is 4.98 Å². The van der Waals surface area contributed by atoms with Gasteiger partial charge in [0.25, 0.3) is 5.56 Å². The van der Waals surface area contributed by atoms with E-state index in [4.69, 9.17) is 10.8 Å². The van der Waals surface area contributed by atoms with Crippen molar-refractivity contribution >= 4 is 35.3 Å². The first kappa shape index (κ1) is 12.1. The molecule has 0 atom stereocenters. The second kappa shape index (κ2) is 4.73. The van der Waals surface area contributed by atoms with Crippen LogP contribution in [0.15, 0.2) is 11.0 Å². The van der Waals surface area contributed by atoms with Gasteiger partial charge in [0.15, 0.2) is 11.2 Å². The van der Waals surface area contributed by atoms with E-state index in [1.54, 1.807) is 0 Å². The molecule has 0 aromatic carbocycles. The van der Waals surface area contributed by atoms with Gasteiger partial charge in [0.05, 0.1) is 6.20 Å². The normalized spacial score (nSPS) is 9.81. The highest BCUT2D eigenvalue weighted by molar-refractivity contribution is 5.85. The number of hydrogen-bond acceptors (Lipinski definition) is 7. The summed E-state index contributed by atoms with van der Waals surface area (Å²) in [5, 5.41) is 11.1. The van der Waals surface area contributed by atoms with Gasteiger partial charge in [0.1, 0.15) is 12.5 Å². The molecule has 9 heteroatoms. The molecule has 0 unspecified atom stereocenters. The summed E-state index contributed by atoms with van der Waals surface area (Å²) in [5.74, 6) is 0.284. The van der Waals surface area contributed by atoms with Crippen molar-refractivity contribution in [2.45, 2.75) is 0 Å². The van der Waals surface area contributed by atoms with E-state index < -0.39 is 5.56 Å². The molecule has 86 valence electrons. The summed E-state index contributed by atoms with van der Waals surface area (Å²) in [7, 11) is 0. The number of nitrogens with one attached hydrogen (secondary N) is 2. The zero-order chi connectivity index (χ0) is 10.8. The number of nitrogens with zero attached hydrogens (tertiary/aromatic N) is 3. The Balaban J connectivity index is 0.00000128. The standard InChI is InChI=1S/C7H8N6O2.ClH/c8-7-12-5-4(6(15)13-7)11-3(1-9-5)10-2-14;/h1,14H,2H2,(H,10,11)(H3,8,9,12,13,15);1H. The number of halogens is 1. The average Bonchev–Trinajstić information content (AvgIpc) is 2.19. The molecule has 0 aliphatic rings. The zero-order valence-electron chi connectivity index (χ0n) is 7.97. The van der Waals surface area contributed by atoms with Crippen LogP contribution < -0.4 is 16.6 Å². The number of rotatable bonds is 2. The number of nitrogens with two attached hydrogens (primary N) is 1. The molecule has 0 aliphatic heterocycles. The predicted molar refractivity (Wildman–Crippen MR) is 60.3 cm³/mol. The molecule has 5 N–H and O–H groups in total. The fourth-order valence-electron chi connectivity index (χ4n) is 1.10. The van der Waals surface area contributed by atoms with Crippen molar-refractivity contribution in [1.82, 2.24) is 19.9 Å². The predicted octanol–water partition coefficient (Wildman–Crippen LogP) is -0.921. The van der Waals surface area contributed by atoms with Crippen LogP contribution in [0.1, 0.15) is 0 Å². The maximum atomic E-state index is 11.4. The third kappa shape index (κ3) is 2.18. The molecule has 0 aliphatic carbocycles.